The molecule has 0 aliphatic heterocycles. The summed E-state index contributed by atoms with van der Waals surface area (Å²) in [6.45, 7) is 10.4. The van der Waals surface area contributed by atoms with Gasteiger partial charge in [-0.05, 0) is 13.8 Å². The maximum Gasteiger partial charge on any atom is 0.0825 e. The van der Waals surface area contributed by atoms with E-state index in [4.69, 9.17) is 10.2 Å². The van der Waals surface area contributed by atoms with Crippen LogP contribution in [0.15, 0.2) is 12.7 Å². The minimum Gasteiger partial charge on any atom is -0.395 e. The number of aliphatic hydroxyl groups is 2. The molecule has 0 heterocycles. The van der Waals surface area contributed by atoms with Gasteiger partial charge in [0.05, 0.1) is 26.4 Å². The summed E-state index contributed by atoms with van der Waals surface area (Å²) in [5, 5.41) is 21.2. The zero-order valence-corrected chi connectivity index (χ0v) is 10.8. The van der Waals surface area contributed by atoms with Gasteiger partial charge in [0, 0.05) is 19.6 Å². The van der Waals surface area contributed by atoms with Crippen LogP contribution in [0.1, 0.15) is 13.8 Å². The van der Waals surface area contributed by atoms with Crippen LogP contribution in [0.4, 0.5) is 0 Å². The fourth-order valence-electron chi connectivity index (χ4n) is 0.890. The summed E-state index contributed by atoms with van der Waals surface area (Å²) in [7, 11) is 0. The van der Waals surface area contributed by atoms with Gasteiger partial charge < -0.3 is 10.2 Å². The highest BCUT2D eigenvalue weighted by atomic mass is 17.5. The molecule has 6 heteroatoms. The predicted octanol–water partition coefficient (Wildman–Crippen LogP) is 0.365. The second kappa shape index (κ2) is 17.9. The van der Waals surface area contributed by atoms with Crippen LogP contribution in [0.2, 0.25) is 0 Å². The zero-order chi connectivity index (χ0) is 13.4. The first-order valence-electron chi connectivity index (χ1n) is 5.72. The summed E-state index contributed by atoms with van der Waals surface area (Å²) in [6.07, 6.45) is 1.76. The Bertz CT molecular complexity index is 136. The highest BCUT2D eigenvalue weighted by molar-refractivity contribution is 4.72. The van der Waals surface area contributed by atoms with Crippen molar-refractivity contribution in [3.8, 4) is 0 Å². The van der Waals surface area contributed by atoms with E-state index in [-0.39, 0.29) is 13.2 Å². The fourth-order valence-corrected chi connectivity index (χ4v) is 0.890. The summed E-state index contributed by atoms with van der Waals surface area (Å²) in [6, 6.07) is 0. The molecule has 0 rings (SSSR count). The van der Waals surface area contributed by atoms with Gasteiger partial charge in [0.1, 0.15) is 0 Å². The van der Waals surface area contributed by atoms with Crippen LogP contribution in [-0.2, 0) is 14.8 Å². The van der Waals surface area contributed by atoms with Crippen molar-refractivity contribution in [2.24, 2.45) is 0 Å². The van der Waals surface area contributed by atoms with Crippen molar-refractivity contribution in [3.63, 3.8) is 0 Å². The molecule has 0 bridgehead atoms. The Morgan fingerprint density at radius 1 is 1.06 bits per heavy atom. The zero-order valence-electron chi connectivity index (χ0n) is 10.8. The lowest BCUT2D eigenvalue weighted by Crippen LogP contribution is -2.29. The fraction of sp³-hybridized carbons (Fsp3) is 0.818. The van der Waals surface area contributed by atoms with Crippen molar-refractivity contribution < 1.29 is 25.0 Å². The number of hydrogen-bond acceptors (Lipinski definition) is 6. The molecular formula is C11H25NO5. The van der Waals surface area contributed by atoms with Gasteiger partial charge in [0.2, 0.25) is 0 Å². The first-order valence-corrected chi connectivity index (χ1v) is 5.72. The number of nitrogens with zero attached hydrogens (tertiary/aromatic N) is 1. The third kappa shape index (κ3) is 18.1. The second-order valence-corrected chi connectivity index (χ2v) is 2.92. The van der Waals surface area contributed by atoms with E-state index in [9.17, 15) is 0 Å². The minimum atomic E-state index is 0.133. The summed E-state index contributed by atoms with van der Waals surface area (Å²) in [5.41, 5.74) is 0. The quantitative estimate of drug-likeness (QED) is 0.253. The molecule has 6 nitrogen and oxygen atoms in total. The van der Waals surface area contributed by atoms with Crippen molar-refractivity contribution >= 4 is 0 Å². The van der Waals surface area contributed by atoms with Crippen molar-refractivity contribution in [2.75, 3.05) is 46.1 Å². The molecule has 0 radical (unpaired) electrons. The van der Waals surface area contributed by atoms with Crippen molar-refractivity contribution in [2.45, 2.75) is 13.8 Å². The molecule has 0 aliphatic carbocycles. The molecule has 0 saturated carbocycles. The number of aliphatic hydroxyl groups excluding tert-OH is 2. The number of rotatable bonds is 10. The monoisotopic (exact) mass is 251 g/mol. The topological polar surface area (TPSA) is 71.4 Å². The first kappa shape index (κ1) is 18.9. The molecule has 0 atom stereocenters. The summed E-state index contributed by atoms with van der Waals surface area (Å²) in [5.74, 6) is 0. The van der Waals surface area contributed by atoms with E-state index in [0.717, 1.165) is 6.54 Å². The van der Waals surface area contributed by atoms with E-state index in [0.29, 0.717) is 26.3 Å². The molecular weight excluding hydrogens is 226 g/mol. The highest BCUT2D eigenvalue weighted by Crippen LogP contribution is 1.85. The standard InChI is InChI=1S/C7H15NO2.C4H10O3/c1-2-3-8(4-6-9)5-7-10;1-3-5-7-6-4-2/h2,9-10H,1,3-7H2;3-4H2,1-2H3. The second-order valence-electron chi connectivity index (χ2n) is 2.92. The molecule has 0 aromatic heterocycles. The Labute approximate surface area is 103 Å². The molecule has 0 amide bonds. The highest BCUT2D eigenvalue weighted by Gasteiger charge is 1.98. The van der Waals surface area contributed by atoms with E-state index in [2.05, 4.69) is 21.4 Å². The minimum absolute atomic E-state index is 0.133. The summed E-state index contributed by atoms with van der Waals surface area (Å²) >= 11 is 0. The van der Waals surface area contributed by atoms with Gasteiger partial charge in [-0.1, -0.05) is 11.1 Å². The maximum absolute atomic E-state index is 8.53. The van der Waals surface area contributed by atoms with E-state index in [1.165, 1.54) is 0 Å². The van der Waals surface area contributed by atoms with Gasteiger partial charge >= 0.3 is 0 Å². The van der Waals surface area contributed by atoms with E-state index in [1.807, 2.05) is 18.7 Å². The normalized spacial score (nSPS) is 9.94. The van der Waals surface area contributed by atoms with Crippen molar-refractivity contribution in [3.05, 3.63) is 12.7 Å². The average Bonchev–Trinajstić information content (AvgIpc) is 2.32. The van der Waals surface area contributed by atoms with E-state index in [1.54, 1.807) is 6.08 Å². The Balaban J connectivity index is 0. The summed E-state index contributed by atoms with van der Waals surface area (Å²) in [4.78, 5) is 10.6. The number of hydrogen-bond donors (Lipinski definition) is 2. The maximum atomic E-state index is 8.53. The van der Waals surface area contributed by atoms with Crippen molar-refractivity contribution in [1.29, 1.82) is 0 Å². The van der Waals surface area contributed by atoms with Crippen LogP contribution in [0, 0.1) is 0 Å². The smallest absolute Gasteiger partial charge is 0.0825 e. The van der Waals surface area contributed by atoms with Gasteiger partial charge in [0.25, 0.3) is 0 Å². The Morgan fingerprint density at radius 3 is 1.82 bits per heavy atom. The van der Waals surface area contributed by atoms with E-state index < -0.39 is 0 Å². The molecule has 0 fully saturated rings. The molecule has 0 aromatic carbocycles. The lowest BCUT2D eigenvalue weighted by molar-refractivity contribution is -0.509. The lowest BCUT2D eigenvalue weighted by atomic mass is 10.4. The molecule has 0 aliphatic rings. The van der Waals surface area contributed by atoms with Gasteiger partial charge in [0.15, 0.2) is 0 Å². The predicted molar refractivity (Wildman–Crippen MR) is 65.1 cm³/mol. The molecule has 0 unspecified atom stereocenters. The molecule has 0 aromatic rings. The summed E-state index contributed by atoms with van der Waals surface area (Å²) < 4.78 is 0. The average molecular weight is 251 g/mol. The van der Waals surface area contributed by atoms with Gasteiger partial charge in [-0.15, -0.1) is 6.58 Å². The third-order valence-corrected chi connectivity index (χ3v) is 1.55. The molecule has 104 valence electrons. The molecule has 0 spiro atoms. The van der Waals surface area contributed by atoms with Gasteiger partial charge in [-0.25, -0.2) is 9.78 Å². The van der Waals surface area contributed by atoms with Crippen LogP contribution in [0.25, 0.3) is 0 Å². The lowest BCUT2D eigenvalue weighted by Gasteiger charge is -2.17. The van der Waals surface area contributed by atoms with Gasteiger partial charge in [-0.2, -0.15) is 0 Å². The molecule has 2 N–H and O–H groups in total. The Morgan fingerprint density at radius 2 is 1.53 bits per heavy atom. The van der Waals surface area contributed by atoms with Gasteiger partial charge in [-0.3, -0.25) is 4.90 Å². The van der Waals surface area contributed by atoms with Crippen LogP contribution in [0.3, 0.4) is 0 Å². The van der Waals surface area contributed by atoms with Crippen LogP contribution in [0.5, 0.6) is 0 Å². The third-order valence-electron chi connectivity index (χ3n) is 1.55. The molecule has 17 heavy (non-hydrogen) atoms. The van der Waals surface area contributed by atoms with E-state index >= 15 is 0 Å². The SMILES string of the molecule is C=CCN(CCO)CCO.CCOOOCC. The van der Waals surface area contributed by atoms with Crippen LogP contribution in [-0.4, -0.2) is 61.2 Å². The first-order chi connectivity index (χ1) is 8.26. The largest absolute Gasteiger partial charge is 0.395 e. The van der Waals surface area contributed by atoms with Crippen LogP contribution < -0.4 is 0 Å². The Kier molecular flexibility index (Phi) is 19.8. The van der Waals surface area contributed by atoms with Crippen molar-refractivity contribution in [1.82, 2.24) is 4.90 Å². The molecule has 0 saturated heterocycles. The Hall–Kier alpha value is -0.500. The van der Waals surface area contributed by atoms with Crippen LogP contribution >= 0.6 is 0 Å².